The predicted molar refractivity (Wildman–Crippen MR) is 191 cm³/mol. The number of hydrogen-bond donors (Lipinski definition) is 0. The van der Waals surface area contributed by atoms with Crippen LogP contribution in [0.5, 0.6) is 0 Å². The van der Waals surface area contributed by atoms with Crippen LogP contribution in [0.1, 0.15) is 0 Å². The van der Waals surface area contributed by atoms with E-state index in [0.29, 0.717) is 0 Å². The monoisotopic (exact) mass is 584 g/mol. The van der Waals surface area contributed by atoms with Crippen LogP contribution in [0.15, 0.2) is 146 Å². The molecule has 0 spiro atoms. The summed E-state index contributed by atoms with van der Waals surface area (Å²) in [6.45, 7) is 0. The number of rotatable bonds is 2. The highest BCUT2D eigenvalue weighted by molar-refractivity contribution is 6.34. The van der Waals surface area contributed by atoms with E-state index in [9.17, 15) is 0 Å². The zero-order valence-corrected chi connectivity index (χ0v) is 24.6. The zero-order valence-electron chi connectivity index (χ0n) is 24.6. The molecule has 212 valence electrons. The minimum atomic E-state index is 0.720. The lowest BCUT2D eigenvalue weighted by Crippen LogP contribution is -2.03. The molecule has 0 amide bonds. The second kappa shape index (κ2) is 8.68. The van der Waals surface area contributed by atoms with Gasteiger partial charge >= 0.3 is 0 Å². The van der Waals surface area contributed by atoms with Gasteiger partial charge in [-0.3, -0.25) is 4.57 Å². The molecule has 0 unspecified atom stereocenters. The van der Waals surface area contributed by atoms with Crippen molar-refractivity contribution in [2.45, 2.75) is 0 Å². The summed E-state index contributed by atoms with van der Waals surface area (Å²) < 4.78 is 4.85. The molecule has 4 heteroatoms. The smallest absolute Gasteiger partial charge is 0.162 e. The lowest BCUT2D eigenvalue weighted by Gasteiger charge is -2.13. The minimum Gasteiger partial charge on any atom is -0.308 e. The molecular formula is C42H24N4. The lowest BCUT2D eigenvalue weighted by molar-refractivity contribution is 1.08. The predicted octanol–water partition coefficient (Wildman–Crippen LogP) is 10.7. The third-order valence-electron chi connectivity index (χ3n) is 9.81. The van der Waals surface area contributed by atoms with E-state index in [2.05, 4.69) is 155 Å². The van der Waals surface area contributed by atoms with Crippen molar-refractivity contribution in [2.24, 2.45) is 0 Å². The molecule has 0 radical (unpaired) electrons. The van der Waals surface area contributed by atoms with Crippen molar-refractivity contribution in [3.05, 3.63) is 146 Å². The highest BCUT2D eigenvalue weighted by Crippen LogP contribution is 2.46. The summed E-state index contributed by atoms with van der Waals surface area (Å²) in [6, 6.07) is 52.1. The number of nitrogens with zero attached hydrogens (tertiary/aromatic N) is 4. The van der Waals surface area contributed by atoms with Crippen molar-refractivity contribution < 1.29 is 0 Å². The highest BCUT2D eigenvalue weighted by atomic mass is 15.1. The van der Waals surface area contributed by atoms with Crippen molar-refractivity contribution in [1.82, 2.24) is 18.9 Å². The Balaban J connectivity index is 1.36. The van der Waals surface area contributed by atoms with Crippen LogP contribution in [0.2, 0.25) is 0 Å². The van der Waals surface area contributed by atoms with E-state index in [1.165, 1.54) is 65.2 Å². The van der Waals surface area contributed by atoms with Crippen LogP contribution in [-0.2, 0) is 0 Å². The van der Waals surface area contributed by atoms with Crippen LogP contribution in [0.4, 0.5) is 0 Å². The van der Waals surface area contributed by atoms with Gasteiger partial charge in [-0.15, -0.1) is 0 Å². The first kappa shape index (κ1) is 24.1. The average Bonchev–Trinajstić information content (AvgIpc) is 3.75. The first-order valence-electron chi connectivity index (χ1n) is 15.7. The molecule has 0 saturated heterocycles. The Labute approximate surface area is 262 Å². The lowest BCUT2D eigenvalue weighted by atomic mass is 10.0. The number of hydrogen-bond acceptors (Lipinski definition) is 2. The van der Waals surface area contributed by atoms with E-state index in [0.717, 1.165) is 33.6 Å². The molecule has 0 N–H and O–H groups in total. The molecular weight excluding hydrogens is 560 g/mol. The van der Waals surface area contributed by atoms with Crippen molar-refractivity contribution in [3.8, 4) is 17.2 Å². The van der Waals surface area contributed by atoms with Gasteiger partial charge in [-0.1, -0.05) is 103 Å². The summed E-state index contributed by atoms with van der Waals surface area (Å²) in [5, 5.41) is 10.9. The van der Waals surface area contributed by atoms with Gasteiger partial charge in [0.1, 0.15) is 5.82 Å². The Morgan fingerprint density at radius 1 is 0.413 bits per heavy atom. The van der Waals surface area contributed by atoms with Crippen molar-refractivity contribution in [1.29, 1.82) is 0 Å². The molecule has 0 aliphatic heterocycles. The van der Waals surface area contributed by atoms with Gasteiger partial charge in [0.25, 0.3) is 0 Å². The van der Waals surface area contributed by atoms with Crippen LogP contribution in [0, 0.1) is 0 Å². The normalized spacial score (nSPS) is 12.3. The third-order valence-corrected chi connectivity index (χ3v) is 9.81. The van der Waals surface area contributed by atoms with Crippen molar-refractivity contribution in [2.75, 3.05) is 0 Å². The van der Waals surface area contributed by atoms with Gasteiger partial charge in [0, 0.05) is 43.3 Å². The second-order valence-electron chi connectivity index (χ2n) is 12.2. The van der Waals surface area contributed by atoms with Crippen LogP contribution >= 0.6 is 0 Å². The maximum atomic E-state index is 5.44. The molecule has 0 bridgehead atoms. The molecule has 46 heavy (non-hydrogen) atoms. The van der Waals surface area contributed by atoms with Gasteiger partial charge in [-0.25, -0.2) is 9.97 Å². The Morgan fingerprint density at radius 3 is 1.85 bits per heavy atom. The number of para-hydroxylation sites is 4. The largest absolute Gasteiger partial charge is 0.308 e. The fraction of sp³-hybridized carbons (Fsp3) is 0. The summed E-state index contributed by atoms with van der Waals surface area (Å²) in [7, 11) is 0. The van der Waals surface area contributed by atoms with E-state index < -0.39 is 0 Å². The number of benzene rings is 7. The Morgan fingerprint density at radius 2 is 1.02 bits per heavy atom. The highest BCUT2D eigenvalue weighted by Gasteiger charge is 2.25. The first-order valence-corrected chi connectivity index (χ1v) is 15.7. The summed E-state index contributed by atoms with van der Waals surface area (Å²) in [5.74, 6) is 1.61. The van der Waals surface area contributed by atoms with Crippen molar-refractivity contribution in [3.63, 3.8) is 0 Å². The minimum absolute atomic E-state index is 0.720. The molecule has 4 aromatic heterocycles. The van der Waals surface area contributed by atoms with Crippen LogP contribution in [0.3, 0.4) is 0 Å². The zero-order chi connectivity index (χ0) is 29.9. The Kier molecular flexibility index (Phi) is 4.55. The van der Waals surface area contributed by atoms with E-state index in [-0.39, 0.29) is 0 Å². The fourth-order valence-corrected chi connectivity index (χ4v) is 7.86. The Hall–Kier alpha value is -6.26. The van der Waals surface area contributed by atoms with Gasteiger partial charge in [-0.05, 0) is 53.2 Å². The quantitative estimate of drug-likeness (QED) is 0.203. The molecule has 7 aromatic carbocycles. The van der Waals surface area contributed by atoms with Gasteiger partial charge in [-0.2, -0.15) is 0 Å². The third kappa shape index (κ3) is 3.03. The summed E-state index contributed by atoms with van der Waals surface area (Å²) in [6.07, 6.45) is 0. The van der Waals surface area contributed by atoms with Gasteiger partial charge < -0.3 is 4.40 Å². The molecule has 11 rings (SSSR count). The molecule has 0 fully saturated rings. The van der Waals surface area contributed by atoms with Gasteiger partial charge in [0.2, 0.25) is 0 Å². The maximum Gasteiger partial charge on any atom is 0.162 e. The van der Waals surface area contributed by atoms with E-state index in [1.54, 1.807) is 0 Å². The van der Waals surface area contributed by atoms with Crippen LogP contribution in [-0.4, -0.2) is 18.9 Å². The van der Waals surface area contributed by atoms with E-state index >= 15 is 0 Å². The maximum absolute atomic E-state index is 5.44. The number of fused-ring (bicyclic) bond motifs is 12. The summed E-state index contributed by atoms with van der Waals surface area (Å²) in [4.78, 5) is 10.6. The molecule has 0 aliphatic rings. The fourth-order valence-electron chi connectivity index (χ4n) is 7.86. The van der Waals surface area contributed by atoms with Gasteiger partial charge in [0.05, 0.1) is 33.1 Å². The van der Waals surface area contributed by atoms with Gasteiger partial charge in [0.15, 0.2) is 5.82 Å². The summed E-state index contributed by atoms with van der Waals surface area (Å²) >= 11 is 0. The first-order chi connectivity index (χ1) is 22.8. The van der Waals surface area contributed by atoms with E-state index in [4.69, 9.17) is 9.97 Å². The number of aromatic nitrogens is 4. The molecule has 0 atom stereocenters. The molecule has 0 aliphatic carbocycles. The van der Waals surface area contributed by atoms with Crippen molar-refractivity contribution >= 4 is 81.6 Å². The van der Waals surface area contributed by atoms with E-state index in [1.807, 2.05) is 0 Å². The molecule has 4 nitrogen and oxygen atoms in total. The summed E-state index contributed by atoms with van der Waals surface area (Å²) in [5.41, 5.74) is 7.95. The molecule has 0 saturated carbocycles. The average molecular weight is 585 g/mol. The topological polar surface area (TPSA) is 35.1 Å². The molecule has 11 aromatic rings. The Bertz CT molecular complexity index is 3030. The van der Waals surface area contributed by atoms with Crippen LogP contribution < -0.4 is 0 Å². The molecule has 4 heterocycles. The van der Waals surface area contributed by atoms with Crippen LogP contribution in [0.25, 0.3) is 98.8 Å². The SMILES string of the molecule is c1ccc2cc(-c3nc(-n4c5ccccc5c5cc6c7ccccc7n7c8ccccc8c(c54)c67)c4ccccc4n3)ccc2c1. The standard InChI is InChI=1S/C42H24N4/c1-2-12-26-23-27(22-21-25(26)11-1)41-43-34-17-7-3-15-30(34)42(44-41)46-36-19-9-5-14-29(36)33-24-32-28-13-4-8-18-35(28)45-37-20-10-6-16-31(37)38(39(32)45)40(33)46/h1-24H. The second-order valence-corrected chi connectivity index (χ2v) is 12.2.